The van der Waals surface area contributed by atoms with E-state index >= 15 is 0 Å². The molecule has 1 aliphatic rings. The maximum atomic E-state index is 6.09. The zero-order chi connectivity index (χ0) is 12.0. The van der Waals surface area contributed by atoms with Gasteiger partial charge in [0.15, 0.2) is 10.8 Å². The molecule has 17 heavy (non-hydrogen) atoms. The Labute approximate surface area is 118 Å². The highest BCUT2D eigenvalue weighted by Gasteiger charge is 2.19. The molecule has 1 fully saturated rings. The average Bonchev–Trinajstić information content (AvgIpc) is 2.90. The quantitative estimate of drug-likeness (QED) is 0.732. The normalized spacial score (nSPS) is 16.1. The van der Waals surface area contributed by atoms with E-state index in [0.717, 1.165) is 33.8 Å². The van der Waals surface area contributed by atoms with Crippen LogP contribution in [0.4, 0.5) is 5.69 Å². The molecule has 3 heterocycles. The molecule has 90 valence electrons. The SMILES string of the molecule is Cc1nc2c(N3CCCC3)cc(Cl)nn2c1I. The molecule has 0 spiro atoms. The summed E-state index contributed by atoms with van der Waals surface area (Å²) in [5, 5.41) is 4.84. The van der Waals surface area contributed by atoms with Crippen LogP contribution in [-0.4, -0.2) is 27.7 Å². The fourth-order valence-electron chi connectivity index (χ4n) is 2.25. The van der Waals surface area contributed by atoms with Gasteiger partial charge in [-0.25, -0.2) is 9.50 Å². The third kappa shape index (κ3) is 1.89. The Morgan fingerprint density at radius 3 is 2.76 bits per heavy atom. The summed E-state index contributed by atoms with van der Waals surface area (Å²) in [6, 6.07) is 1.92. The predicted octanol–water partition coefficient (Wildman–Crippen LogP) is 2.90. The molecule has 0 amide bonds. The van der Waals surface area contributed by atoms with Crippen LogP contribution in [0.2, 0.25) is 5.15 Å². The van der Waals surface area contributed by atoms with Gasteiger partial charge < -0.3 is 4.90 Å². The lowest BCUT2D eigenvalue weighted by Crippen LogP contribution is -2.19. The van der Waals surface area contributed by atoms with Crippen molar-refractivity contribution >= 4 is 45.5 Å². The molecular formula is C11H12ClIN4. The summed E-state index contributed by atoms with van der Waals surface area (Å²) < 4.78 is 2.87. The zero-order valence-corrected chi connectivity index (χ0v) is 12.4. The lowest BCUT2D eigenvalue weighted by molar-refractivity contribution is 0.889. The van der Waals surface area contributed by atoms with E-state index < -0.39 is 0 Å². The Morgan fingerprint density at radius 1 is 1.35 bits per heavy atom. The van der Waals surface area contributed by atoms with Gasteiger partial charge in [0.05, 0.1) is 11.4 Å². The van der Waals surface area contributed by atoms with Gasteiger partial charge in [0.2, 0.25) is 0 Å². The number of halogens is 2. The summed E-state index contributed by atoms with van der Waals surface area (Å²) in [6.07, 6.45) is 2.48. The van der Waals surface area contributed by atoms with Gasteiger partial charge in [0, 0.05) is 19.2 Å². The van der Waals surface area contributed by atoms with Crippen LogP contribution < -0.4 is 4.90 Å². The molecule has 1 aliphatic heterocycles. The van der Waals surface area contributed by atoms with Crippen molar-refractivity contribution in [3.05, 3.63) is 20.6 Å². The van der Waals surface area contributed by atoms with Crippen LogP contribution in [-0.2, 0) is 0 Å². The van der Waals surface area contributed by atoms with Gasteiger partial charge in [-0.15, -0.1) is 0 Å². The third-order valence-electron chi connectivity index (χ3n) is 3.09. The van der Waals surface area contributed by atoms with Crippen molar-refractivity contribution in [1.82, 2.24) is 14.6 Å². The van der Waals surface area contributed by atoms with E-state index in [1.54, 1.807) is 0 Å². The monoisotopic (exact) mass is 362 g/mol. The molecule has 4 nitrogen and oxygen atoms in total. The number of fused-ring (bicyclic) bond motifs is 1. The van der Waals surface area contributed by atoms with Crippen molar-refractivity contribution in [1.29, 1.82) is 0 Å². The summed E-state index contributed by atoms with van der Waals surface area (Å²) in [6.45, 7) is 4.16. The van der Waals surface area contributed by atoms with Gasteiger partial charge in [0.25, 0.3) is 0 Å². The fraction of sp³-hybridized carbons (Fsp3) is 0.455. The highest BCUT2D eigenvalue weighted by Crippen LogP contribution is 2.28. The molecule has 6 heteroatoms. The van der Waals surface area contributed by atoms with Crippen molar-refractivity contribution in [2.45, 2.75) is 19.8 Å². The van der Waals surface area contributed by atoms with E-state index in [1.807, 2.05) is 17.5 Å². The van der Waals surface area contributed by atoms with Crippen LogP contribution >= 0.6 is 34.2 Å². The highest BCUT2D eigenvalue weighted by molar-refractivity contribution is 14.1. The molecule has 0 atom stereocenters. The third-order valence-corrected chi connectivity index (χ3v) is 4.51. The number of nitrogens with zero attached hydrogens (tertiary/aromatic N) is 4. The minimum absolute atomic E-state index is 0.523. The van der Waals surface area contributed by atoms with E-state index in [9.17, 15) is 0 Å². The lowest BCUT2D eigenvalue weighted by atomic mass is 10.4. The van der Waals surface area contributed by atoms with E-state index in [0.29, 0.717) is 5.15 Å². The fourth-order valence-corrected chi connectivity index (χ4v) is 2.88. The summed E-state index contributed by atoms with van der Waals surface area (Å²) in [5.41, 5.74) is 3.02. The first-order valence-electron chi connectivity index (χ1n) is 5.63. The number of aryl methyl sites for hydroxylation is 1. The predicted molar refractivity (Wildman–Crippen MR) is 76.9 cm³/mol. The van der Waals surface area contributed by atoms with Crippen LogP contribution in [0, 0.1) is 10.6 Å². The molecule has 1 saturated heterocycles. The summed E-state index contributed by atoms with van der Waals surface area (Å²) in [4.78, 5) is 6.93. The minimum atomic E-state index is 0.523. The number of anilines is 1. The van der Waals surface area contributed by atoms with Crippen LogP contribution in [0.5, 0.6) is 0 Å². The molecular weight excluding hydrogens is 351 g/mol. The molecule has 0 aliphatic carbocycles. The second-order valence-corrected chi connectivity index (χ2v) is 5.68. The second-order valence-electron chi connectivity index (χ2n) is 4.27. The van der Waals surface area contributed by atoms with E-state index in [2.05, 4.69) is 37.6 Å². The molecule has 0 saturated carbocycles. The second kappa shape index (κ2) is 4.28. The zero-order valence-electron chi connectivity index (χ0n) is 9.45. The van der Waals surface area contributed by atoms with Crippen molar-refractivity contribution in [2.75, 3.05) is 18.0 Å². The Morgan fingerprint density at radius 2 is 2.06 bits per heavy atom. The van der Waals surface area contributed by atoms with Crippen LogP contribution in [0.25, 0.3) is 5.65 Å². The molecule has 2 aromatic rings. The molecule has 0 unspecified atom stereocenters. The first-order chi connectivity index (χ1) is 8.16. The smallest absolute Gasteiger partial charge is 0.178 e. The number of hydrogen-bond donors (Lipinski definition) is 0. The van der Waals surface area contributed by atoms with Crippen molar-refractivity contribution in [3.8, 4) is 0 Å². The standard InChI is InChI=1S/C11H12ClIN4/c1-7-10(13)17-11(14-7)8(6-9(12)15-17)16-4-2-3-5-16/h6H,2-5H2,1H3. The van der Waals surface area contributed by atoms with Gasteiger partial charge in [-0.1, -0.05) is 11.6 Å². The van der Waals surface area contributed by atoms with Crippen molar-refractivity contribution < 1.29 is 0 Å². The van der Waals surface area contributed by atoms with Crippen LogP contribution in [0.1, 0.15) is 18.5 Å². The lowest BCUT2D eigenvalue weighted by Gasteiger charge is -2.18. The van der Waals surface area contributed by atoms with Crippen molar-refractivity contribution in [2.24, 2.45) is 0 Å². The summed E-state index contributed by atoms with van der Waals surface area (Å²) >= 11 is 8.35. The molecule has 2 aromatic heterocycles. The average molecular weight is 363 g/mol. The maximum absolute atomic E-state index is 6.09. The largest absolute Gasteiger partial charge is 0.368 e. The first-order valence-corrected chi connectivity index (χ1v) is 7.09. The van der Waals surface area contributed by atoms with Crippen LogP contribution in [0.3, 0.4) is 0 Å². The topological polar surface area (TPSA) is 33.4 Å². The molecule has 3 rings (SSSR count). The number of hydrogen-bond acceptors (Lipinski definition) is 3. The Bertz CT molecular complexity index is 574. The summed E-state index contributed by atoms with van der Waals surface area (Å²) in [7, 11) is 0. The molecule has 0 radical (unpaired) electrons. The highest BCUT2D eigenvalue weighted by atomic mass is 127. The Kier molecular flexibility index (Phi) is 2.90. The van der Waals surface area contributed by atoms with E-state index in [1.165, 1.54) is 12.8 Å². The van der Waals surface area contributed by atoms with Gasteiger partial charge in [-0.3, -0.25) is 0 Å². The van der Waals surface area contributed by atoms with Gasteiger partial charge in [-0.2, -0.15) is 5.10 Å². The number of imidazole rings is 1. The first kappa shape index (κ1) is 11.5. The van der Waals surface area contributed by atoms with Gasteiger partial charge in [-0.05, 0) is 42.4 Å². The van der Waals surface area contributed by atoms with Crippen molar-refractivity contribution in [3.63, 3.8) is 0 Å². The van der Waals surface area contributed by atoms with E-state index in [-0.39, 0.29) is 0 Å². The Hall–Kier alpha value is -0.560. The van der Waals surface area contributed by atoms with Gasteiger partial charge in [0.1, 0.15) is 3.70 Å². The molecule has 0 aromatic carbocycles. The van der Waals surface area contributed by atoms with Gasteiger partial charge >= 0.3 is 0 Å². The molecule has 0 N–H and O–H groups in total. The summed E-state index contributed by atoms with van der Waals surface area (Å²) in [5.74, 6) is 0. The maximum Gasteiger partial charge on any atom is 0.178 e. The number of aromatic nitrogens is 3. The molecule has 0 bridgehead atoms. The number of rotatable bonds is 1. The van der Waals surface area contributed by atoms with Crippen LogP contribution in [0.15, 0.2) is 6.07 Å². The Balaban J connectivity index is 2.25. The minimum Gasteiger partial charge on any atom is -0.368 e. The van der Waals surface area contributed by atoms with E-state index in [4.69, 9.17) is 11.6 Å².